The van der Waals surface area contributed by atoms with Crippen molar-refractivity contribution in [3.05, 3.63) is 51.5 Å². The summed E-state index contributed by atoms with van der Waals surface area (Å²) in [5.74, 6) is -1.05. The van der Waals surface area contributed by atoms with Crippen molar-refractivity contribution in [1.82, 2.24) is 10.3 Å². The van der Waals surface area contributed by atoms with Crippen molar-refractivity contribution in [3.8, 4) is 0 Å². The maximum Gasteiger partial charge on any atom is 0.129 e. The Morgan fingerprint density at radius 2 is 2.16 bits per heavy atom. The summed E-state index contributed by atoms with van der Waals surface area (Å²) < 4.78 is 26.3. The van der Waals surface area contributed by atoms with Crippen LogP contribution in [-0.4, -0.2) is 11.0 Å². The molecular weight excluding hydrogens is 266 g/mol. The average molecular weight is 280 g/mol. The van der Waals surface area contributed by atoms with Gasteiger partial charge in [-0.25, -0.2) is 13.8 Å². The van der Waals surface area contributed by atoms with Crippen molar-refractivity contribution in [1.29, 1.82) is 0 Å². The SMILES string of the molecule is Fc1ccc(Cc2nc(CNC3CC3)cs2)c(F)c1. The van der Waals surface area contributed by atoms with Crippen LogP contribution in [0.2, 0.25) is 0 Å². The number of aromatic nitrogens is 1. The van der Waals surface area contributed by atoms with Crippen LogP contribution in [-0.2, 0) is 13.0 Å². The van der Waals surface area contributed by atoms with Gasteiger partial charge in [-0.15, -0.1) is 11.3 Å². The van der Waals surface area contributed by atoms with E-state index in [0.717, 1.165) is 23.3 Å². The van der Waals surface area contributed by atoms with Crippen LogP contribution in [0.5, 0.6) is 0 Å². The van der Waals surface area contributed by atoms with E-state index in [0.29, 0.717) is 18.0 Å². The summed E-state index contributed by atoms with van der Waals surface area (Å²) in [6.07, 6.45) is 2.91. The Hall–Kier alpha value is -1.33. The first-order valence-electron chi connectivity index (χ1n) is 6.31. The highest BCUT2D eigenvalue weighted by atomic mass is 32.1. The van der Waals surface area contributed by atoms with Crippen LogP contribution < -0.4 is 5.32 Å². The van der Waals surface area contributed by atoms with Crippen molar-refractivity contribution < 1.29 is 8.78 Å². The fraction of sp³-hybridized carbons (Fsp3) is 0.357. The zero-order chi connectivity index (χ0) is 13.2. The molecule has 1 aromatic carbocycles. The summed E-state index contributed by atoms with van der Waals surface area (Å²) in [6.45, 7) is 0.771. The molecule has 0 unspecified atom stereocenters. The van der Waals surface area contributed by atoms with Crippen LogP contribution in [0, 0.1) is 11.6 Å². The molecule has 2 nitrogen and oxygen atoms in total. The lowest BCUT2D eigenvalue weighted by molar-refractivity contribution is 0.574. The molecule has 1 saturated carbocycles. The molecule has 0 amide bonds. The topological polar surface area (TPSA) is 24.9 Å². The maximum atomic E-state index is 13.5. The predicted molar refractivity (Wildman–Crippen MR) is 71.1 cm³/mol. The highest BCUT2D eigenvalue weighted by Gasteiger charge is 2.20. The normalized spacial score (nSPS) is 14.8. The summed E-state index contributed by atoms with van der Waals surface area (Å²) in [7, 11) is 0. The third-order valence-corrected chi connectivity index (χ3v) is 4.00. The van der Waals surface area contributed by atoms with Crippen molar-refractivity contribution in [2.45, 2.75) is 31.8 Å². The highest BCUT2D eigenvalue weighted by molar-refractivity contribution is 7.09. The molecule has 0 bridgehead atoms. The summed E-state index contributed by atoms with van der Waals surface area (Å²) >= 11 is 1.52. The Bertz CT molecular complexity index is 579. The van der Waals surface area contributed by atoms with Gasteiger partial charge in [0.25, 0.3) is 0 Å². The number of nitrogens with one attached hydrogen (secondary N) is 1. The molecule has 0 saturated heterocycles. The third kappa shape index (κ3) is 3.36. The Labute approximate surface area is 114 Å². The van der Waals surface area contributed by atoms with Crippen LogP contribution in [0.15, 0.2) is 23.6 Å². The van der Waals surface area contributed by atoms with Crippen LogP contribution in [0.4, 0.5) is 8.78 Å². The van der Waals surface area contributed by atoms with Crippen molar-refractivity contribution in [2.75, 3.05) is 0 Å². The zero-order valence-corrected chi connectivity index (χ0v) is 11.1. The Morgan fingerprint density at radius 3 is 2.89 bits per heavy atom. The molecule has 1 aliphatic carbocycles. The first-order valence-corrected chi connectivity index (χ1v) is 7.19. The lowest BCUT2D eigenvalue weighted by Gasteiger charge is -2.01. The molecule has 19 heavy (non-hydrogen) atoms. The molecule has 0 spiro atoms. The van der Waals surface area contributed by atoms with Crippen LogP contribution >= 0.6 is 11.3 Å². The molecule has 0 aliphatic heterocycles. The quantitative estimate of drug-likeness (QED) is 0.909. The monoisotopic (exact) mass is 280 g/mol. The summed E-state index contributed by atoms with van der Waals surface area (Å²) in [5.41, 5.74) is 1.48. The largest absolute Gasteiger partial charge is 0.308 e. The van der Waals surface area contributed by atoms with Gasteiger partial charge in [0, 0.05) is 30.5 Å². The average Bonchev–Trinajstić information content (AvgIpc) is 3.10. The number of hydrogen-bond acceptors (Lipinski definition) is 3. The number of nitrogens with zero attached hydrogens (tertiary/aromatic N) is 1. The van der Waals surface area contributed by atoms with Gasteiger partial charge in [0.2, 0.25) is 0 Å². The Balaban J connectivity index is 1.65. The minimum absolute atomic E-state index is 0.417. The van der Waals surface area contributed by atoms with Gasteiger partial charge in [0.05, 0.1) is 10.7 Å². The molecule has 100 valence electrons. The smallest absolute Gasteiger partial charge is 0.129 e. The second-order valence-corrected chi connectivity index (χ2v) is 5.74. The molecule has 5 heteroatoms. The Morgan fingerprint density at radius 1 is 1.32 bits per heavy atom. The van der Waals surface area contributed by atoms with E-state index in [9.17, 15) is 8.78 Å². The van der Waals surface area contributed by atoms with Gasteiger partial charge >= 0.3 is 0 Å². The van der Waals surface area contributed by atoms with Gasteiger partial charge < -0.3 is 5.32 Å². The van der Waals surface area contributed by atoms with E-state index >= 15 is 0 Å². The van der Waals surface area contributed by atoms with Crippen LogP contribution in [0.1, 0.15) is 29.1 Å². The summed E-state index contributed by atoms with van der Waals surface area (Å²) in [6, 6.07) is 4.33. The van der Waals surface area contributed by atoms with Gasteiger partial charge in [-0.2, -0.15) is 0 Å². The fourth-order valence-corrected chi connectivity index (χ4v) is 2.69. The lowest BCUT2D eigenvalue weighted by atomic mass is 10.1. The van der Waals surface area contributed by atoms with Crippen LogP contribution in [0.25, 0.3) is 0 Å². The number of hydrogen-bond donors (Lipinski definition) is 1. The van der Waals surface area contributed by atoms with E-state index in [-0.39, 0.29) is 0 Å². The minimum Gasteiger partial charge on any atom is -0.308 e. The summed E-state index contributed by atoms with van der Waals surface area (Å²) in [5, 5.41) is 6.24. The molecule has 3 rings (SSSR count). The second-order valence-electron chi connectivity index (χ2n) is 4.80. The second kappa shape index (κ2) is 5.35. The minimum atomic E-state index is -0.547. The van der Waals surface area contributed by atoms with E-state index in [1.807, 2.05) is 5.38 Å². The lowest BCUT2D eigenvalue weighted by Crippen LogP contribution is -2.15. The Kier molecular flexibility index (Phi) is 3.57. The molecule has 0 radical (unpaired) electrons. The number of rotatable bonds is 5. The maximum absolute atomic E-state index is 13.5. The first kappa shape index (κ1) is 12.7. The molecular formula is C14H14F2N2S. The molecule has 1 aromatic heterocycles. The van der Waals surface area contributed by atoms with E-state index in [1.165, 1.54) is 36.3 Å². The fourth-order valence-electron chi connectivity index (χ4n) is 1.88. The van der Waals surface area contributed by atoms with Gasteiger partial charge in [-0.05, 0) is 24.5 Å². The molecule has 1 heterocycles. The third-order valence-electron chi connectivity index (χ3n) is 3.11. The van der Waals surface area contributed by atoms with Crippen molar-refractivity contribution >= 4 is 11.3 Å². The van der Waals surface area contributed by atoms with Crippen molar-refractivity contribution in [3.63, 3.8) is 0 Å². The van der Waals surface area contributed by atoms with E-state index in [2.05, 4.69) is 10.3 Å². The standard InChI is InChI=1S/C14H14F2N2S/c15-10-2-1-9(13(16)6-10)5-14-18-12(8-19-14)7-17-11-3-4-11/h1-2,6,8,11,17H,3-5,7H2. The van der Waals surface area contributed by atoms with Gasteiger partial charge in [-0.1, -0.05) is 6.07 Å². The van der Waals surface area contributed by atoms with Crippen molar-refractivity contribution in [2.24, 2.45) is 0 Å². The predicted octanol–water partition coefficient (Wildman–Crippen LogP) is 3.26. The van der Waals surface area contributed by atoms with Gasteiger partial charge in [-0.3, -0.25) is 0 Å². The molecule has 1 fully saturated rings. The molecule has 1 aliphatic rings. The van der Waals surface area contributed by atoms with E-state index < -0.39 is 11.6 Å². The highest BCUT2D eigenvalue weighted by Crippen LogP contribution is 2.21. The summed E-state index contributed by atoms with van der Waals surface area (Å²) in [4.78, 5) is 4.46. The zero-order valence-electron chi connectivity index (χ0n) is 10.3. The number of benzene rings is 1. The molecule has 2 aromatic rings. The molecule has 0 atom stereocenters. The van der Waals surface area contributed by atoms with Gasteiger partial charge in [0.15, 0.2) is 0 Å². The number of thiazole rings is 1. The number of halogens is 2. The molecule has 1 N–H and O–H groups in total. The van der Waals surface area contributed by atoms with Crippen LogP contribution in [0.3, 0.4) is 0 Å². The van der Waals surface area contributed by atoms with E-state index in [1.54, 1.807) is 0 Å². The first-order chi connectivity index (χ1) is 9.20. The van der Waals surface area contributed by atoms with E-state index in [4.69, 9.17) is 0 Å². The van der Waals surface area contributed by atoms with Gasteiger partial charge in [0.1, 0.15) is 11.6 Å².